The molecule has 0 aromatic rings. The second-order valence-electron chi connectivity index (χ2n) is 6.80. The van der Waals surface area contributed by atoms with Crippen LogP contribution in [-0.2, 0) is 9.47 Å². The molecule has 5 rings (SSSR count). The number of nitrogens with zero attached hydrogens (tertiary/aromatic N) is 1. The van der Waals surface area contributed by atoms with Crippen LogP contribution < -0.4 is 0 Å². The average molecular weight is 247 g/mol. The molecule has 0 spiro atoms. The molecule has 0 atom stereocenters. The molecule has 0 aromatic heterocycles. The quantitative estimate of drug-likeness (QED) is 0.753. The molecular formula is C15H21NO2. The number of rotatable bonds is 2. The third-order valence-electron chi connectivity index (χ3n) is 5.84. The van der Waals surface area contributed by atoms with Gasteiger partial charge in [0.05, 0.1) is 25.7 Å². The summed E-state index contributed by atoms with van der Waals surface area (Å²) in [7, 11) is 0. The second-order valence-corrected chi connectivity index (χ2v) is 6.80. The molecule has 3 nitrogen and oxygen atoms in total. The van der Waals surface area contributed by atoms with Gasteiger partial charge in [0.25, 0.3) is 0 Å². The molecule has 1 heterocycles. The lowest BCUT2D eigenvalue weighted by molar-refractivity contribution is -0.246. The smallest absolute Gasteiger partial charge is 0.184 e. The summed E-state index contributed by atoms with van der Waals surface area (Å²) in [5, 5.41) is 9.14. The van der Waals surface area contributed by atoms with E-state index in [2.05, 4.69) is 6.07 Å². The highest BCUT2D eigenvalue weighted by Gasteiger charge is 2.58. The number of hydrogen-bond donors (Lipinski definition) is 0. The Morgan fingerprint density at radius 3 is 2.00 bits per heavy atom. The SMILES string of the molecule is N#CCC1(C2C3CC4CC(C3)CC2C4)OCCO1. The zero-order valence-electron chi connectivity index (χ0n) is 10.8. The number of hydrogen-bond acceptors (Lipinski definition) is 3. The lowest BCUT2D eigenvalue weighted by Crippen LogP contribution is -2.55. The topological polar surface area (TPSA) is 42.2 Å². The molecular weight excluding hydrogens is 226 g/mol. The van der Waals surface area contributed by atoms with Crippen LogP contribution in [0.4, 0.5) is 0 Å². The van der Waals surface area contributed by atoms with E-state index in [1.165, 1.54) is 32.1 Å². The summed E-state index contributed by atoms with van der Waals surface area (Å²) in [6.45, 7) is 1.34. The van der Waals surface area contributed by atoms with E-state index >= 15 is 0 Å². The van der Waals surface area contributed by atoms with Crippen molar-refractivity contribution in [3.63, 3.8) is 0 Å². The van der Waals surface area contributed by atoms with Crippen LogP contribution in [0.25, 0.3) is 0 Å². The van der Waals surface area contributed by atoms with Crippen LogP contribution in [0, 0.1) is 40.9 Å². The van der Waals surface area contributed by atoms with Crippen LogP contribution in [0.5, 0.6) is 0 Å². The lowest BCUT2D eigenvalue weighted by Gasteiger charge is -2.57. The summed E-state index contributed by atoms with van der Waals surface area (Å²) < 4.78 is 11.9. The lowest BCUT2D eigenvalue weighted by atomic mass is 9.50. The van der Waals surface area contributed by atoms with Crippen molar-refractivity contribution in [1.29, 1.82) is 5.26 Å². The highest BCUT2D eigenvalue weighted by Crippen LogP contribution is 2.60. The Labute approximate surface area is 108 Å². The van der Waals surface area contributed by atoms with Gasteiger partial charge in [0.2, 0.25) is 0 Å². The summed E-state index contributed by atoms with van der Waals surface area (Å²) in [5.74, 6) is 3.39. The van der Waals surface area contributed by atoms with Crippen LogP contribution >= 0.6 is 0 Å². The first kappa shape index (κ1) is 11.3. The molecule has 0 aromatic carbocycles. The maximum atomic E-state index is 9.14. The Hall–Kier alpha value is -0.590. The van der Waals surface area contributed by atoms with Crippen LogP contribution in [-0.4, -0.2) is 19.0 Å². The Morgan fingerprint density at radius 1 is 0.944 bits per heavy atom. The van der Waals surface area contributed by atoms with E-state index in [9.17, 15) is 0 Å². The van der Waals surface area contributed by atoms with Gasteiger partial charge in [-0.1, -0.05) is 0 Å². The first-order valence-corrected chi connectivity index (χ1v) is 7.45. The van der Waals surface area contributed by atoms with Crippen LogP contribution in [0.1, 0.15) is 38.5 Å². The van der Waals surface area contributed by atoms with Crippen LogP contribution in [0.15, 0.2) is 0 Å². The average Bonchev–Trinajstić information content (AvgIpc) is 2.77. The monoisotopic (exact) mass is 247 g/mol. The Bertz CT molecular complexity index is 352. The van der Waals surface area contributed by atoms with Crippen molar-refractivity contribution in [2.45, 2.75) is 44.3 Å². The first-order valence-electron chi connectivity index (χ1n) is 7.45. The van der Waals surface area contributed by atoms with Crippen molar-refractivity contribution in [3.05, 3.63) is 0 Å². The van der Waals surface area contributed by atoms with Crippen LogP contribution in [0.3, 0.4) is 0 Å². The second kappa shape index (κ2) is 3.95. The van der Waals surface area contributed by atoms with Gasteiger partial charge in [-0.05, 0) is 55.8 Å². The van der Waals surface area contributed by atoms with Crippen molar-refractivity contribution >= 4 is 0 Å². The molecule has 1 saturated heterocycles. The third kappa shape index (κ3) is 1.49. The highest BCUT2D eigenvalue weighted by molar-refractivity contribution is 5.05. The fourth-order valence-corrected chi connectivity index (χ4v) is 5.64. The molecule has 3 heteroatoms. The summed E-state index contributed by atoms with van der Waals surface area (Å²) >= 11 is 0. The molecule has 98 valence electrons. The molecule has 0 unspecified atom stereocenters. The third-order valence-corrected chi connectivity index (χ3v) is 5.84. The molecule has 0 radical (unpaired) electrons. The fraction of sp³-hybridized carbons (Fsp3) is 0.933. The summed E-state index contributed by atoms with van der Waals surface area (Å²) in [5.41, 5.74) is 0. The van der Waals surface area contributed by atoms with Gasteiger partial charge in [0.15, 0.2) is 5.79 Å². The fourth-order valence-electron chi connectivity index (χ4n) is 5.64. The van der Waals surface area contributed by atoms with Gasteiger partial charge in [0.1, 0.15) is 0 Å². The highest BCUT2D eigenvalue weighted by atomic mass is 16.7. The molecule has 4 aliphatic carbocycles. The van der Waals surface area contributed by atoms with Gasteiger partial charge in [0, 0.05) is 5.92 Å². The Balaban J connectivity index is 1.65. The zero-order chi connectivity index (χ0) is 12.2. The number of ether oxygens (including phenoxy) is 2. The van der Waals surface area contributed by atoms with Crippen molar-refractivity contribution < 1.29 is 9.47 Å². The van der Waals surface area contributed by atoms with E-state index < -0.39 is 5.79 Å². The minimum absolute atomic E-state index is 0.417. The molecule has 4 saturated carbocycles. The Morgan fingerprint density at radius 2 is 1.50 bits per heavy atom. The predicted molar refractivity (Wildman–Crippen MR) is 65.4 cm³/mol. The van der Waals surface area contributed by atoms with Crippen molar-refractivity contribution in [1.82, 2.24) is 0 Å². The molecule has 5 aliphatic rings. The van der Waals surface area contributed by atoms with Gasteiger partial charge in [-0.15, -0.1) is 0 Å². The van der Waals surface area contributed by atoms with Gasteiger partial charge in [-0.3, -0.25) is 0 Å². The van der Waals surface area contributed by atoms with Gasteiger partial charge in [-0.2, -0.15) is 5.26 Å². The van der Waals surface area contributed by atoms with E-state index in [1.807, 2.05) is 0 Å². The van der Waals surface area contributed by atoms with E-state index in [0.29, 0.717) is 25.6 Å². The largest absolute Gasteiger partial charge is 0.346 e. The van der Waals surface area contributed by atoms with Crippen molar-refractivity contribution in [2.75, 3.05) is 13.2 Å². The van der Waals surface area contributed by atoms with Gasteiger partial charge in [-0.25, -0.2) is 0 Å². The van der Waals surface area contributed by atoms with Crippen molar-refractivity contribution in [2.24, 2.45) is 29.6 Å². The summed E-state index contributed by atoms with van der Waals surface area (Å²) in [4.78, 5) is 0. The molecule has 0 amide bonds. The standard InChI is InChI=1S/C15H21NO2/c16-2-1-15(17-3-4-18-15)14-12-6-10-5-11(8-12)9-13(14)7-10/h10-14H,1,3-9H2. The molecule has 4 bridgehead atoms. The normalized spacial score (nSPS) is 48.3. The first-order chi connectivity index (χ1) is 8.81. The maximum absolute atomic E-state index is 9.14. The molecule has 1 aliphatic heterocycles. The number of nitriles is 1. The minimum Gasteiger partial charge on any atom is -0.346 e. The Kier molecular flexibility index (Phi) is 2.47. The van der Waals surface area contributed by atoms with Gasteiger partial charge >= 0.3 is 0 Å². The zero-order valence-corrected chi connectivity index (χ0v) is 10.8. The van der Waals surface area contributed by atoms with E-state index in [-0.39, 0.29) is 0 Å². The minimum atomic E-state index is -0.544. The summed E-state index contributed by atoms with van der Waals surface area (Å²) in [6.07, 6.45) is 7.32. The molecule has 18 heavy (non-hydrogen) atoms. The van der Waals surface area contributed by atoms with Crippen LogP contribution in [0.2, 0.25) is 0 Å². The van der Waals surface area contributed by atoms with E-state index in [0.717, 1.165) is 23.7 Å². The van der Waals surface area contributed by atoms with Crippen molar-refractivity contribution in [3.8, 4) is 6.07 Å². The molecule has 0 N–H and O–H groups in total. The van der Waals surface area contributed by atoms with E-state index in [1.54, 1.807) is 0 Å². The summed E-state index contributed by atoms with van der Waals surface area (Å²) in [6, 6.07) is 2.31. The maximum Gasteiger partial charge on any atom is 0.184 e. The van der Waals surface area contributed by atoms with E-state index in [4.69, 9.17) is 14.7 Å². The molecule has 5 fully saturated rings. The predicted octanol–water partition coefficient (Wildman–Crippen LogP) is 2.72. The van der Waals surface area contributed by atoms with Gasteiger partial charge < -0.3 is 9.47 Å².